The average Bonchev–Trinajstić information content (AvgIpc) is 2.40. The third kappa shape index (κ3) is 3.11. The molecular weight excluding hydrogens is 206 g/mol. The summed E-state index contributed by atoms with van der Waals surface area (Å²) in [4.78, 5) is 2.58. The minimum Gasteiger partial charge on any atom is -0.303 e. The molecule has 1 heterocycles. The number of terminal acetylenes is 1. The summed E-state index contributed by atoms with van der Waals surface area (Å²) in [5, 5.41) is 0. The first kappa shape index (κ1) is 12.2. The Kier molecular flexibility index (Phi) is 4.23. The molecule has 2 rings (SSSR count). The molecule has 1 saturated heterocycles. The molecule has 0 aromatic heterocycles. The SMILES string of the molecule is C#Cc1cccc(C2CCCN(CCC)C2)c1. The lowest BCUT2D eigenvalue weighted by atomic mass is 9.89. The molecule has 0 radical (unpaired) electrons. The van der Waals surface area contributed by atoms with Gasteiger partial charge in [0.25, 0.3) is 0 Å². The summed E-state index contributed by atoms with van der Waals surface area (Å²) in [6.07, 6.45) is 9.32. The zero-order valence-corrected chi connectivity index (χ0v) is 10.7. The second-order valence-corrected chi connectivity index (χ2v) is 4.91. The van der Waals surface area contributed by atoms with Crippen LogP contribution >= 0.6 is 0 Å². The van der Waals surface area contributed by atoms with Crippen LogP contribution in [0, 0.1) is 12.3 Å². The van der Waals surface area contributed by atoms with Gasteiger partial charge in [0, 0.05) is 12.1 Å². The molecule has 0 saturated carbocycles. The summed E-state index contributed by atoms with van der Waals surface area (Å²) in [5.74, 6) is 3.40. The van der Waals surface area contributed by atoms with Gasteiger partial charge >= 0.3 is 0 Å². The maximum Gasteiger partial charge on any atom is 0.0245 e. The van der Waals surface area contributed by atoms with E-state index in [9.17, 15) is 0 Å². The van der Waals surface area contributed by atoms with Gasteiger partial charge in [0.15, 0.2) is 0 Å². The van der Waals surface area contributed by atoms with E-state index in [4.69, 9.17) is 6.42 Å². The van der Waals surface area contributed by atoms with E-state index in [-0.39, 0.29) is 0 Å². The fourth-order valence-corrected chi connectivity index (χ4v) is 2.73. The molecule has 1 aromatic carbocycles. The van der Waals surface area contributed by atoms with Crippen LogP contribution in [0.3, 0.4) is 0 Å². The Balaban J connectivity index is 2.08. The third-order valence-corrected chi connectivity index (χ3v) is 3.57. The smallest absolute Gasteiger partial charge is 0.0245 e. The highest BCUT2D eigenvalue weighted by molar-refractivity contribution is 5.36. The van der Waals surface area contributed by atoms with E-state index in [2.05, 4.69) is 35.9 Å². The number of hydrogen-bond donors (Lipinski definition) is 0. The number of benzene rings is 1. The lowest BCUT2D eigenvalue weighted by Gasteiger charge is -2.32. The highest BCUT2D eigenvalue weighted by Gasteiger charge is 2.20. The minimum atomic E-state index is 0.670. The fourth-order valence-electron chi connectivity index (χ4n) is 2.73. The standard InChI is InChI=1S/C16H21N/c1-3-10-17-11-6-9-16(13-17)15-8-5-7-14(4-2)12-15/h2,5,7-8,12,16H,3,6,9-11,13H2,1H3. The molecule has 17 heavy (non-hydrogen) atoms. The molecule has 0 bridgehead atoms. The van der Waals surface area contributed by atoms with E-state index in [1.54, 1.807) is 0 Å². The quantitative estimate of drug-likeness (QED) is 0.716. The van der Waals surface area contributed by atoms with Gasteiger partial charge in [-0.25, -0.2) is 0 Å². The van der Waals surface area contributed by atoms with Gasteiger partial charge < -0.3 is 4.90 Å². The van der Waals surface area contributed by atoms with Crippen LogP contribution in [0.15, 0.2) is 24.3 Å². The van der Waals surface area contributed by atoms with Crippen LogP contribution in [0.2, 0.25) is 0 Å². The zero-order chi connectivity index (χ0) is 12.1. The van der Waals surface area contributed by atoms with Gasteiger partial charge in [-0.2, -0.15) is 0 Å². The van der Waals surface area contributed by atoms with Crippen LogP contribution in [0.1, 0.15) is 43.2 Å². The fraction of sp³-hybridized carbons (Fsp3) is 0.500. The molecule has 1 unspecified atom stereocenters. The maximum absolute atomic E-state index is 5.46. The number of hydrogen-bond acceptors (Lipinski definition) is 1. The van der Waals surface area contributed by atoms with Crippen LogP contribution in [-0.2, 0) is 0 Å². The van der Waals surface area contributed by atoms with Crippen molar-refractivity contribution < 1.29 is 0 Å². The van der Waals surface area contributed by atoms with Crippen LogP contribution in [0.5, 0.6) is 0 Å². The van der Waals surface area contributed by atoms with Crippen LogP contribution in [0.25, 0.3) is 0 Å². The molecule has 1 aliphatic rings. The summed E-state index contributed by atoms with van der Waals surface area (Å²) >= 11 is 0. The maximum atomic E-state index is 5.46. The largest absolute Gasteiger partial charge is 0.303 e. The number of piperidine rings is 1. The van der Waals surface area contributed by atoms with E-state index in [0.29, 0.717) is 5.92 Å². The van der Waals surface area contributed by atoms with Crippen molar-refractivity contribution in [3.8, 4) is 12.3 Å². The first-order valence-corrected chi connectivity index (χ1v) is 6.62. The van der Waals surface area contributed by atoms with Crippen molar-refractivity contribution in [2.45, 2.75) is 32.1 Å². The Morgan fingerprint density at radius 3 is 3.12 bits per heavy atom. The van der Waals surface area contributed by atoms with Gasteiger partial charge in [0.05, 0.1) is 0 Å². The molecule has 90 valence electrons. The van der Waals surface area contributed by atoms with Crippen molar-refractivity contribution in [2.75, 3.05) is 19.6 Å². The lowest BCUT2D eigenvalue weighted by molar-refractivity contribution is 0.208. The number of nitrogens with zero attached hydrogens (tertiary/aromatic N) is 1. The van der Waals surface area contributed by atoms with E-state index < -0.39 is 0 Å². The summed E-state index contributed by atoms with van der Waals surface area (Å²) < 4.78 is 0. The van der Waals surface area contributed by atoms with Gasteiger partial charge in [0.2, 0.25) is 0 Å². The molecule has 1 fully saturated rings. The van der Waals surface area contributed by atoms with Gasteiger partial charge in [-0.15, -0.1) is 6.42 Å². The minimum absolute atomic E-state index is 0.670. The summed E-state index contributed by atoms with van der Waals surface area (Å²) in [6, 6.07) is 8.50. The van der Waals surface area contributed by atoms with E-state index in [1.165, 1.54) is 44.5 Å². The molecule has 0 amide bonds. The van der Waals surface area contributed by atoms with E-state index in [0.717, 1.165) is 5.56 Å². The first-order chi connectivity index (χ1) is 8.33. The first-order valence-electron chi connectivity index (χ1n) is 6.62. The Morgan fingerprint density at radius 2 is 2.35 bits per heavy atom. The Hall–Kier alpha value is -1.26. The van der Waals surface area contributed by atoms with Crippen molar-refractivity contribution in [3.05, 3.63) is 35.4 Å². The zero-order valence-electron chi connectivity index (χ0n) is 10.7. The molecular formula is C16H21N. The van der Waals surface area contributed by atoms with Gasteiger partial charge in [-0.1, -0.05) is 25.0 Å². The molecule has 1 nitrogen and oxygen atoms in total. The Bertz CT molecular complexity index is 400. The van der Waals surface area contributed by atoms with Crippen molar-refractivity contribution in [1.82, 2.24) is 4.90 Å². The molecule has 0 aliphatic carbocycles. The monoisotopic (exact) mass is 227 g/mol. The normalized spacial score (nSPS) is 21.1. The van der Waals surface area contributed by atoms with Gasteiger partial charge in [-0.3, -0.25) is 0 Å². The lowest BCUT2D eigenvalue weighted by Crippen LogP contribution is -2.34. The van der Waals surface area contributed by atoms with Crippen molar-refractivity contribution >= 4 is 0 Å². The molecule has 1 atom stereocenters. The second kappa shape index (κ2) is 5.89. The molecule has 1 aromatic rings. The summed E-state index contributed by atoms with van der Waals surface area (Å²) in [5.41, 5.74) is 2.43. The molecule has 0 N–H and O–H groups in total. The van der Waals surface area contributed by atoms with E-state index in [1.807, 2.05) is 6.07 Å². The Morgan fingerprint density at radius 1 is 1.47 bits per heavy atom. The average molecular weight is 227 g/mol. The second-order valence-electron chi connectivity index (χ2n) is 4.91. The molecule has 1 aliphatic heterocycles. The van der Waals surface area contributed by atoms with Crippen LogP contribution < -0.4 is 0 Å². The summed E-state index contributed by atoms with van der Waals surface area (Å²) in [7, 11) is 0. The summed E-state index contributed by atoms with van der Waals surface area (Å²) in [6.45, 7) is 5.94. The van der Waals surface area contributed by atoms with Crippen LogP contribution in [-0.4, -0.2) is 24.5 Å². The predicted molar refractivity (Wildman–Crippen MR) is 73.1 cm³/mol. The molecule has 1 heteroatoms. The predicted octanol–water partition coefficient (Wildman–Crippen LogP) is 3.26. The van der Waals surface area contributed by atoms with Crippen molar-refractivity contribution in [3.63, 3.8) is 0 Å². The van der Waals surface area contributed by atoms with Gasteiger partial charge in [0.1, 0.15) is 0 Å². The third-order valence-electron chi connectivity index (χ3n) is 3.57. The van der Waals surface area contributed by atoms with E-state index >= 15 is 0 Å². The molecule has 0 spiro atoms. The van der Waals surface area contributed by atoms with Crippen LogP contribution in [0.4, 0.5) is 0 Å². The number of rotatable bonds is 3. The highest BCUT2D eigenvalue weighted by Crippen LogP contribution is 2.27. The van der Waals surface area contributed by atoms with Crippen molar-refractivity contribution in [2.24, 2.45) is 0 Å². The topological polar surface area (TPSA) is 3.24 Å². The van der Waals surface area contributed by atoms with Gasteiger partial charge in [-0.05, 0) is 56.0 Å². The number of likely N-dealkylation sites (tertiary alicyclic amines) is 1. The Labute approximate surface area is 105 Å². The highest BCUT2D eigenvalue weighted by atomic mass is 15.1. The van der Waals surface area contributed by atoms with Crippen molar-refractivity contribution in [1.29, 1.82) is 0 Å².